The first-order valence-corrected chi connectivity index (χ1v) is 4.81. The number of carbonyl (C=O) groups excluding carboxylic acids is 2. The zero-order chi connectivity index (χ0) is 11.7. The highest BCUT2D eigenvalue weighted by Gasteiger charge is 2.04. The van der Waals surface area contributed by atoms with Crippen molar-refractivity contribution >= 4 is 17.8 Å². The zero-order valence-electron chi connectivity index (χ0n) is 8.71. The summed E-state index contributed by atoms with van der Waals surface area (Å²) in [6, 6.07) is 0. The van der Waals surface area contributed by atoms with Gasteiger partial charge < -0.3 is 15.7 Å². The number of nitrogens with one attached hydrogen (secondary N) is 2. The van der Waals surface area contributed by atoms with Gasteiger partial charge in [0.1, 0.15) is 0 Å². The van der Waals surface area contributed by atoms with Crippen LogP contribution >= 0.6 is 0 Å². The first-order valence-electron chi connectivity index (χ1n) is 4.81. The van der Waals surface area contributed by atoms with Crippen LogP contribution in [0.15, 0.2) is 0 Å². The van der Waals surface area contributed by atoms with Crippen molar-refractivity contribution in [1.29, 1.82) is 0 Å². The Morgan fingerprint density at radius 1 is 1.07 bits per heavy atom. The van der Waals surface area contributed by atoms with Crippen molar-refractivity contribution in [3.05, 3.63) is 0 Å². The third kappa shape index (κ3) is 8.73. The van der Waals surface area contributed by atoms with Gasteiger partial charge in [-0.05, 0) is 6.42 Å². The van der Waals surface area contributed by atoms with E-state index in [1.54, 1.807) is 0 Å². The molecule has 0 unspecified atom stereocenters. The van der Waals surface area contributed by atoms with Crippen molar-refractivity contribution in [3.63, 3.8) is 0 Å². The molecule has 0 bridgehead atoms. The molecule has 0 aromatic heterocycles. The van der Waals surface area contributed by atoms with Crippen LogP contribution in [0.3, 0.4) is 0 Å². The second-order valence-corrected chi connectivity index (χ2v) is 3.02. The second kappa shape index (κ2) is 7.78. The molecule has 0 saturated heterocycles. The van der Waals surface area contributed by atoms with Crippen LogP contribution in [-0.2, 0) is 14.4 Å². The smallest absolute Gasteiger partial charge is 0.305 e. The summed E-state index contributed by atoms with van der Waals surface area (Å²) in [4.78, 5) is 32.1. The first kappa shape index (κ1) is 13.4. The average Bonchev–Trinajstić information content (AvgIpc) is 2.14. The molecule has 0 radical (unpaired) electrons. The number of rotatable bonds is 7. The van der Waals surface area contributed by atoms with Crippen LogP contribution in [0.5, 0.6) is 0 Å². The van der Waals surface area contributed by atoms with E-state index in [0.29, 0.717) is 6.42 Å². The minimum Gasteiger partial charge on any atom is -0.481 e. The standard InChI is InChI=1S/C9H16N2O4/c1-2-3-7(12)11-6-8(13)10-5-4-9(14)15/h2-6H2,1H3,(H,10,13)(H,11,12)(H,14,15). The normalized spacial score (nSPS) is 9.40. The lowest BCUT2D eigenvalue weighted by Crippen LogP contribution is -2.37. The molecule has 3 N–H and O–H groups in total. The fourth-order valence-corrected chi connectivity index (χ4v) is 0.866. The van der Waals surface area contributed by atoms with E-state index in [-0.39, 0.29) is 31.3 Å². The lowest BCUT2D eigenvalue weighted by molar-refractivity contribution is -0.137. The van der Waals surface area contributed by atoms with Gasteiger partial charge in [0.2, 0.25) is 11.8 Å². The quantitative estimate of drug-likeness (QED) is 0.534. The number of carboxylic acids is 1. The minimum absolute atomic E-state index is 0.0812. The van der Waals surface area contributed by atoms with E-state index in [0.717, 1.165) is 6.42 Å². The molecule has 15 heavy (non-hydrogen) atoms. The van der Waals surface area contributed by atoms with Gasteiger partial charge in [0, 0.05) is 13.0 Å². The third-order valence-corrected chi connectivity index (χ3v) is 1.58. The maximum absolute atomic E-state index is 11.0. The predicted molar refractivity (Wildman–Crippen MR) is 53.2 cm³/mol. The van der Waals surface area contributed by atoms with Crippen LogP contribution in [0.25, 0.3) is 0 Å². The molecule has 0 heterocycles. The number of hydrogen-bond acceptors (Lipinski definition) is 3. The maximum atomic E-state index is 11.0. The van der Waals surface area contributed by atoms with E-state index in [4.69, 9.17) is 5.11 Å². The Morgan fingerprint density at radius 3 is 2.27 bits per heavy atom. The molecule has 0 rings (SSSR count). The monoisotopic (exact) mass is 216 g/mol. The summed E-state index contributed by atoms with van der Waals surface area (Å²) in [6.07, 6.45) is 1.00. The third-order valence-electron chi connectivity index (χ3n) is 1.58. The van der Waals surface area contributed by atoms with E-state index in [1.165, 1.54) is 0 Å². The van der Waals surface area contributed by atoms with Crippen LogP contribution < -0.4 is 10.6 Å². The van der Waals surface area contributed by atoms with E-state index >= 15 is 0 Å². The van der Waals surface area contributed by atoms with Gasteiger partial charge in [-0.1, -0.05) is 6.92 Å². The van der Waals surface area contributed by atoms with Crippen molar-refractivity contribution < 1.29 is 19.5 Å². The fourth-order valence-electron chi connectivity index (χ4n) is 0.866. The molecule has 0 aliphatic rings. The summed E-state index contributed by atoms with van der Waals surface area (Å²) in [5.41, 5.74) is 0. The molecule has 2 amide bonds. The predicted octanol–water partition coefficient (Wildman–Crippen LogP) is -0.506. The Hall–Kier alpha value is -1.59. The van der Waals surface area contributed by atoms with Crippen LogP contribution in [0.1, 0.15) is 26.2 Å². The van der Waals surface area contributed by atoms with E-state index < -0.39 is 5.97 Å². The molecule has 0 aliphatic heterocycles. The second-order valence-electron chi connectivity index (χ2n) is 3.02. The first-order chi connectivity index (χ1) is 7.06. The Morgan fingerprint density at radius 2 is 1.73 bits per heavy atom. The van der Waals surface area contributed by atoms with E-state index in [1.807, 2.05) is 6.92 Å². The lowest BCUT2D eigenvalue weighted by atomic mass is 10.3. The summed E-state index contributed by atoms with van der Waals surface area (Å²) >= 11 is 0. The van der Waals surface area contributed by atoms with Gasteiger partial charge in [-0.3, -0.25) is 14.4 Å². The zero-order valence-corrected chi connectivity index (χ0v) is 8.71. The van der Waals surface area contributed by atoms with Gasteiger partial charge in [0.25, 0.3) is 0 Å². The van der Waals surface area contributed by atoms with Gasteiger partial charge in [-0.25, -0.2) is 0 Å². The summed E-state index contributed by atoms with van der Waals surface area (Å²) in [7, 11) is 0. The van der Waals surface area contributed by atoms with Crippen molar-refractivity contribution in [2.24, 2.45) is 0 Å². The Labute approximate surface area is 88.0 Å². The van der Waals surface area contributed by atoms with Gasteiger partial charge in [0.15, 0.2) is 0 Å². The molecule has 6 nitrogen and oxygen atoms in total. The lowest BCUT2D eigenvalue weighted by Gasteiger charge is -2.04. The van der Waals surface area contributed by atoms with Gasteiger partial charge >= 0.3 is 5.97 Å². The fraction of sp³-hybridized carbons (Fsp3) is 0.667. The van der Waals surface area contributed by atoms with Crippen LogP contribution in [0.2, 0.25) is 0 Å². The van der Waals surface area contributed by atoms with Crippen molar-refractivity contribution in [2.75, 3.05) is 13.1 Å². The largest absolute Gasteiger partial charge is 0.481 e. The summed E-state index contributed by atoms with van der Waals surface area (Å²) in [6.45, 7) is 1.85. The Bertz CT molecular complexity index is 240. The molecule has 0 spiro atoms. The van der Waals surface area contributed by atoms with Gasteiger partial charge in [0.05, 0.1) is 13.0 Å². The van der Waals surface area contributed by atoms with Gasteiger partial charge in [-0.15, -0.1) is 0 Å². The average molecular weight is 216 g/mol. The molecule has 6 heteroatoms. The highest BCUT2D eigenvalue weighted by atomic mass is 16.4. The summed E-state index contributed by atoms with van der Waals surface area (Å²) in [5.74, 6) is -1.52. The molecule has 0 aliphatic carbocycles. The Balaban J connectivity index is 3.49. The molecular formula is C9H16N2O4. The van der Waals surface area contributed by atoms with Crippen molar-refractivity contribution in [2.45, 2.75) is 26.2 Å². The summed E-state index contributed by atoms with van der Waals surface area (Å²) in [5, 5.41) is 13.1. The molecule has 0 saturated carbocycles. The Kier molecular flexibility index (Phi) is 6.96. The van der Waals surface area contributed by atoms with E-state index in [2.05, 4.69) is 10.6 Å². The summed E-state index contributed by atoms with van der Waals surface area (Å²) < 4.78 is 0. The number of amides is 2. The minimum atomic E-state index is -0.967. The number of carbonyl (C=O) groups is 3. The van der Waals surface area contributed by atoms with Gasteiger partial charge in [-0.2, -0.15) is 0 Å². The molecule has 86 valence electrons. The topological polar surface area (TPSA) is 95.5 Å². The SMILES string of the molecule is CCCC(=O)NCC(=O)NCCC(=O)O. The maximum Gasteiger partial charge on any atom is 0.305 e. The molecule has 0 aromatic carbocycles. The highest BCUT2D eigenvalue weighted by Crippen LogP contribution is 1.84. The molecule has 0 fully saturated rings. The highest BCUT2D eigenvalue weighted by molar-refractivity contribution is 5.84. The van der Waals surface area contributed by atoms with Crippen LogP contribution in [-0.4, -0.2) is 36.0 Å². The number of hydrogen-bond donors (Lipinski definition) is 3. The van der Waals surface area contributed by atoms with E-state index in [9.17, 15) is 14.4 Å². The number of carboxylic acid groups (broad SMARTS) is 1. The van der Waals surface area contributed by atoms with Crippen molar-refractivity contribution in [1.82, 2.24) is 10.6 Å². The molecule has 0 atom stereocenters. The molecule has 0 aromatic rings. The van der Waals surface area contributed by atoms with Crippen LogP contribution in [0, 0.1) is 0 Å². The number of aliphatic carboxylic acids is 1. The van der Waals surface area contributed by atoms with Crippen LogP contribution in [0.4, 0.5) is 0 Å². The van der Waals surface area contributed by atoms with Crippen molar-refractivity contribution in [3.8, 4) is 0 Å². The molecular weight excluding hydrogens is 200 g/mol.